The number of methoxy groups -OCH3 is 1. The molecule has 124 valence electrons. The number of rotatable bonds is 8. The zero-order valence-corrected chi connectivity index (χ0v) is 14.3. The molecule has 1 aliphatic rings. The third-order valence-corrected chi connectivity index (χ3v) is 4.81. The summed E-state index contributed by atoms with van der Waals surface area (Å²) in [6.45, 7) is 8.21. The predicted octanol–water partition coefficient (Wildman–Crippen LogP) is 0.586. The van der Waals surface area contributed by atoms with E-state index in [-0.39, 0.29) is 5.91 Å². The summed E-state index contributed by atoms with van der Waals surface area (Å²) in [5, 5.41) is 6.45. The van der Waals surface area contributed by atoms with Crippen molar-refractivity contribution in [3.63, 3.8) is 0 Å². The minimum Gasteiger partial charge on any atom is -0.383 e. The molecule has 22 heavy (non-hydrogen) atoms. The molecule has 2 heterocycles. The molecule has 0 radical (unpaired) electrons. The molecular weight excluding hydrogens is 300 g/mol. The molecule has 1 aromatic heterocycles. The van der Waals surface area contributed by atoms with Gasteiger partial charge in [0.2, 0.25) is 5.91 Å². The van der Waals surface area contributed by atoms with Crippen LogP contribution in [0.25, 0.3) is 0 Å². The van der Waals surface area contributed by atoms with Crippen LogP contribution >= 0.6 is 11.3 Å². The first-order valence-electron chi connectivity index (χ1n) is 7.86. The third-order valence-electron chi connectivity index (χ3n) is 3.77. The molecular formula is C15H26N4O2S. The minimum absolute atomic E-state index is 0.178. The molecule has 0 saturated carbocycles. The van der Waals surface area contributed by atoms with E-state index in [1.165, 1.54) is 5.01 Å². The average molecular weight is 326 g/mol. The van der Waals surface area contributed by atoms with Crippen molar-refractivity contribution in [2.45, 2.75) is 19.9 Å². The number of nitrogens with zero attached hydrogens (tertiary/aromatic N) is 3. The van der Waals surface area contributed by atoms with Crippen molar-refractivity contribution in [2.24, 2.45) is 0 Å². The molecule has 2 rings (SSSR count). The Balaban J connectivity index is 1.67. The topological polar surface area (TPSA) is 57.7 Å². The van der Waals surface area contributed by atoms with Gasteiger partial charge in [-0.3, -0.25) is 9.69 Å². The highest BCUT2D eigenvalue weighted by Gasteiger charge is 2.21. The molecule has 1 N–H and O–H groups in total. The van der Waals surface area contributed by atoms with Gasteiger partial charge < -0.3 is 15.0 Å². The molecule has 7 heteroatoms. The molecule has 0 unspecified atom stereocenters. The number of thiazole rings is 1. The van der Waals surface area contributed by atoms with Gasteiger partial charge in [-0.25, -0.2) is 4.98 Å². The van der Waals surface area contributed by atoms with Gasteiger partial charge in [0.25, 0.3) is 0 Å². The Hall–Kier alpha value is -1.02. The van der Waals surface area contributed by atoms with E-state index in [2.05, 4.69) is 27.5 Å². The first-order chi connectivity index (χ1) is 10.7. The Morgan fingerprint density at radius 2 is 2.18 bits per heavy atom. The van der Waals surface area contributed by atoms with Crippen molar-refractivity contribution in [1.82, 2.24) is 20.1 Å². The van der Waals surface area contributed by atoms with E-state index < -0.39 is 0 Å². The lowest BCUT2D eigenvalue weighted by Crippen LogP contribution is -2.50. The number of carbonyl (C=O) groups excluding carboxylic acids is 1. The smallest absolute Gasteiger partial charge is 0.236 e. The number of aryl methyl sites for hydroxylation is 1. The van der Waals surface area contributed by atoms with Gasteiger partial charge in [-0.15, -0.1) is 11.3 Å². The Bertz CT molecular complexity index is 458. The fourth-order valence-corrected chi connectivity index (χ4v) is 3.19. The predicted molar refractivity (Wildman–Crippen MR) is 88.1 cm³/mol. The summed E-state index contributed by atoms with van der Waals surface area (Å²) in [5.74, 6) is 0.178. The lowest BCUT2D eigenvalue weighted by atomic mass is 10.3. The largest absolute Gasteiger partial charge is 0.383 e. The number of nitrogens with one attached hydrogen (secondary N) is 1. The SMILES string of the molecule is CCc1nc(CN2CCN(C(=O)CNCCOC)CC2)cs1. The summed E-state index contributed by atoms with van der Waals surface area (Å²) < 4.78 is 4.95. The van der Waals surface area contributed by atoms with Crippen LogP contribution in [0.4, 0.5) is 0 Å². The van der Waals surface area contributed by atoms with Crippen LogP contribution in [0.15, 0.2) is 5.38 Å². The van der Waals surface area contributed by atoms with E-state index in [9.17, 15) is 4.79 Å². The van der Waals surface area contributed by atoms with Gasteiger partial charge >= 0.3 is 0 Å². The van der Waals surface area contributed by atoms with E-state index in [0.717, 1.165) is 44.8 Å². The van der Waals surface area contributed by atoms with Crippen LogP contribution in [0.5, 0.6) is 0 Å². The molecule has 1 saturated heterocycles. The second-order valence-electron chi connectivity index (χ2n) is 5.41. The van der Waals surface area contributed by atoms with E-state index in [1.54, 1.807) is 18.4 Å². The van der Waals surface area contributed by atoms with Gasteiger partial charge in [0, 0.05) is 51.8 Å². The van der Waals surface area contributed by atoms with Gasteiger partial charge in [0.15, 0.2) is 0 Å². The third kappa shape index (κ3) is 5.31. The fraction of sp³-hybridized carbons (Fsp3) is 0.733. The van der Waals surface area contributed by atoms with Crippen LogP contribution in [0, 0.1) is 0 Å². The quantitative estimate of drug-likeness (QED) is 0.709. The normalized spacial score (nSPS) is 16.2. The highest BCUT2D eigenvalue weighted by atomic mass is 32.1. The number of carbonyl (C=O) groups is 1. The van der Waals surface area contributed by atoms with E-state index in [4.69, 9.17) is 4.74 Å². The standard InChI is InChI=1S/C15H26N4O2S/c1-3-14-17-13(12-22-14)11-18-5-7-19(8-6-18)15(20)10-16-4-9-21-2/h12,16H,3-11H2,1-2H3. The summed E-state index contributed by atoms with van der Waals surface area (Å²) in [5.41, 5.74) is 1.16. The van der Waals surface area contributed by atoms with Crippen LogP contribution in [-0.4, -0.2) is 73.7 Å². The van der Waals surface area contributed by atoms with Crippen molar-refractivity contribution in [1.29, 1.82) is 0 Å². The Morgan fingerprint density at radius 1 is 1.41 bits per heavy atom. The molecule has 1 aliphatic heterocycles. The van der Waals surface area contributed by atoms with E-state index in [1.807, 2.05) is 4.90 Å². The minimum atomic E-state index is 0.178. The Morgan fingerprint density at radius 3 is 2.82 bits per heavy atom. The summed E-state index contributed by atoms with van der Waals surface area (Å²) in [6, 6.07) is 0. The Labute approximate surface area is 136 Å². The molecule has 0 aliphatic carbocycles. The highest BCUT2D eigenvalue weighted by molar-refractivity contribution is 7.09. The number of hydrogen-bond acceptors (Lipinski definition) is 6. The Kier molecular flexibility index (Phi) is 7.24. The molecule has 0 spiro atoms. The number of amides is 1. The van der Waals surface area contributed by atoms with Crippen molar-refractivity contribution in [3.05, 3.63) is 16.1 Å². The van der Waals surface area contributed by atoms with Crippen molar-refractivity contribution >= 4 is 17.2 Å². The molecule has 0 atom stereocenters. The second-order valence-corrected chi connectivity index (χ2v) is 6.36. The van der Waals surface area contributed by atoms with Crippen LogP contribution < -0.4 is 5.32 Å². The zero-order chi connectivity index (χ0) is 15.8. The monoisotopic (exact) mass is 326 g/mol. The van der Waals surface area contributed by atoms with Gasteiger partial charge in [0.05, 0.1) is 23.9 Å². The maximum atomic E-state index is 12.1. The van der Waals surface area contributed by atoms with Crippen molar-refractivity contribution in [3.8, 4) is 0 Å². The molecule has 6 nitrogen and oxygen atoms in total. The van der Waals surface area contributed by atoms with Gasteiger partial charge in [0.1, 0.15) is 0 Å². The maximum Gasteiger partial charge on any atom is 0.236 e. The highest BCUT2D eigenvalue weighted by Crippen LogP contribution is 2.13. The molecule has 1 amide bonds. The van der Waals surface area contributed by atoms with E-state index >= 15 is 0 Å². The lowest BCUT2D eigenvalue weighted by molar-refractivity contribution is -0.132. The molecule has 0 aromatic carbocycles. The summed E-state index contributed by atoms with van der Waals surface area (Å²) in [6.07, 6.45) is 1.00. The van der Waals surface area contributed by atoms with Gasteiger partial charge in [-0.1, -0.05) is 6.92 Å². The number of ether oxygens (including phenoxy) is 1. The van der Waals surface area contributed by atoms with Gasteiger partial charge in [-0.2, -0.15) is 0 Å². The number of hydrogen-bond donors (Lipinski definition) is 1. The number of piperazine rings is 1. The fourth-order valence-electron chi connectivity index (χ4n) is 2.45. The molecule has 0 bridgehead atoms. The van der Waals surface area contributed by atoms with Gasteiger partial charge in [-0.05, 0) is 6.42 Å². The van der Waals surface area contributed by atoms with Crippen molar-refractivity contribution in [2.75, 3.05) is 53.0 Å². The first-order valence-corrected chi connectivity index (χ1v) is 8.74. The van der Waals surface area contributed by atoms with Crippen LogP contribution in [0.3, 0.4) is 0 Å². The first kappa shape index (κ1) is 17.3. The second kappa shape index (κ2) is 9.19. The lowest BCUT2D eigenvalue weighted by Gasteiger charge is -2.34. The van der Waals surface area contributed by atoms with Crippen LogP contribution in [0.2, 0.25) is 0 Å². The summed E-state index contributed by atoms with van der Waals surface area (Å²) in [4.78, 5) is 21.0. The van der Waals surface area contributed by atoms with Crippen LogP contribution in [-0.2, 0) is 22.5 Å². The summed E-state index contributed by atoms with van der Waals surface area (Å²) >= 11 is 1.74. The van der Waals surface area contributed by atoms with Crippen LogP contribution in [0.1, 0.15) is 17.6 Å². The maximum absolute atomic E-state index is 12.1. The van der Waals surface area contributed by atoms with E-state index in [0.29, 0.717) is 19.7 Å². The van der Waals surface area contributed by atoms with Crippen molar-refractivity contribution < 1.29 is 9.53 Å². The molecule has 1 aromatic rings. The average Bonchev–Trinajstić information content (AvgIpc) is 3.00. The zero-order valence-electron chi connectivity index (χ0n) is 13.5. The summed E-state index contributed by atoms with van der Waals surface area (Å²) in [7, 11) is 1.66. The molecule has 1 fully saturated rings. The number of aromatic nitrogens is 1.